The van der Waals surface area contributed by atoms with Crippen molar-refractivity contribution < 1.29 is 14.6 Å². The van der Waals surface area contributed by atoms with Crippen molar-refractivity contribution in [1.29, 1.82) is 0 Å². The highest BCUT2D eigenvalue weighted by Gasteiger charge is 2.15. The second kappa shape index (κ2) is 8.64. The monoisotopic (exact) mass is 430 g/mol. The molecule has 0 amide bonds. The first kappa shape index (κ1) is 20.5. The van der Waals surface area contributed by atoms with Gasteiger partial charge in [0.05, 0.1) is 0 Å². The fourth-order valence-electron chi connectivity index (χ4n) is 4.15. The van der Waals surface area contributed by atoms with E-state index < -0.39 is 5.97 Å². The molecule has 0 aromatic heterocycles. The van der Waals surface area contributed by atoms with E-state index in [2.05, 4.69) is 0 Å². The summed E-state index contributed by atoms with van der Waals surface area (Å²) in [5.74, 6) is 0.253. The number of ether oxygens (including phenoxy) is 1. The molecule has 3 nitrogen and oxygen atoms in total. The van der Waals surface area contributed by atoms with Gasteiger partial charge in [-0.3, -0.25) is 0 Å². The number of carbonyl (C=O) groups excluding carboxylic acids is 1. The summed E-state index contributed by atoms with van der Waals surface area (Å²) in [4.78, 5) is 12.7. The van der Waals surface area contributed by atoms with Crippen molar-refractivity contribution in [3.05, 3.63) is 114 Å². The molecule has 0 heterocycles. The molecule has 0 saturated carbocycles. The number of aromatic hydroxyl groups is 1. The average Bonchev–Trinajstić information content (AvgIpc) is 2.83. The number of phenols is 1. The lowest BCUT2D eigenvalue weighted by atomic mass is 9.93. The summed E-state index contributed by atoms with van der Waals surface area (Å²) in [6, 6.07) is 30.9. The zero-order valence-electron chi connectivity index (χ0n) is 18.2. The van der Waals surface area contributed by atoms with E-state index >= 15 is 0 Å². The second-order valence-electron chi connectivity index (χ2n) is 8.01. The number of carbonyl (C=O) groups is 1. The molecule has 5 aromatic rings. The van der Waals surface area contributed by atoms with Crippen molar-refractivity contribution in [3.63, 3.8) is 0 Å². The van der Waals surface area contributed by atoms with Gasteiger partial charge in [0.1, 0.15) is 11.5 Å². The van der Waals surface area contributed by atoms with Crippen LogP contribution in [0.25, 0.3) is 38.7 Å². The topological polar surface area (TPSA) is 46.5 Å². The van der Waals surface area contributed by atoms with Gasteiger partial charge in [-0.25, -0.2) is 4.79 Å². The molecule has 5 aromatic carbocycles. The maximum absolute atomic E-state index is 12.7. The fraction of sp³-hybridized carbons (Fsp3) is 0.0333. The van der Waals surface area contributed by atoms with Gasteiger partial charge < -0.3 is 9.84 Å². The summed E-state index contributed by atoms with van der Waals surface area (Å²) in [6.45, 7) is 2.02. The molecule has 0 aliphatic heterocycles. The molecule has 0 unspecified atom stereocenters. The largest absolute Gasteiger partial charge is 0.507 e. The highest BCUT2D eigenvalue weighted by Crippen LogP contribution is 2.41. The lowest BCUT2D eigenvalue weighted by Gasteiger charge is -2.14. The van der Waals surface area contributed by atoms with Gasteiger partial charge in [-0.1, -0.05) is 90.5 Å². The minimum absolute atomic E-state index is 0.218. The second-order valence-corrected chi connectivity index (χ2v) is 8.01. The van der Waals surface area contributed by atoms with E-state index in [9.17, 15) is 9.90 Å². The lowest BCUT2D eigenvalue weighted by molar-refractivity contribution is -0.128. The Labute approximate surface area is 192 Å². The molecule has 0 aliphatic carbocycles. The van der Waals surface area contributed by atoms with Crippen molar-refractivity contribution in [2.75, 3.05) is 0 Å². The van der Waals surface area contributed by atoms with E-state index in [1.807, 2.05) is 91.9 Å². The number of phenolic OH excluding ortho intramolecular Hbond substituents is 1. The quantitative estimate of drug-likeness (QED) is 0.185. The highest BCUT2D eigenvalue weighted by molar-refractivity contribution is 6.10. The number of aryl methyl sites for hydroxylation is 1. The summed E-state index contributed by atoms with van der Waals surface area (Å²) >= 11 is 0. The molecule has 33 heavy (non-hydrogen) atoms. The summed E-state index contributed by atoms with van der Waals surface area (Å²) in [5, 5.41) is 14.1. The van der Waals surface area contributed by atoms with Crippen LogP contribution in [0, 0.1) is 6.92 Å². The third-order valence-corrected chi connectivity index (χ3v) is 5.74. The zero-order valence-corrected chi connectivity index (χ0v) is 18.2. The standard InChI is InChI=1S/C30H22O3/c1-20-14-16-21(17-15-20)18-19-28(32)33-27-13-5-9-23-7-3-11-25(30(23)27)24-10-2-6-22-8-4-12-26(31)29(22)24/h2-19,31H,1H3/b19-18+. The van der Waals surface area contributed by atoms with Crippen LogP contribution >= 0.6 is 0 Å². The van der Waals surface area contributed by atoms with Crippen LogP contribution in [-0.2, 0) is 4.79 Å². The summed E-state index contributed by atoms with van der Waals surface area (Å²) in [5.41, 5.74) is 3.88. The Balaban J connectivity index is 1.58. The molecule has 0 atom stereocenters. The van der Waals surface area contributed by atoms with Gasteiger partial charge in [0, 0.05) is 16.8 Å². The predicted molar refractivity (Wildman–Crippen MR) is 134 cm³/mol. The maximum Gasteiger partial charge on any atom is 0.336 e. The minimum atomic E-state index is -0.446. The highest BCUT2D eigenvalue weighted by atomic mass is 16.5. The number of rotatable bonds is 4. The van der Waals surface area contributed by atoms with Gasteiger partial charge in [0.15, 0.2) is 0 Å². The SMILES string of the molecule is Cc1ccc(/C=C/C(=O)Oc2cccc3cccc(-c4cccc5cccc(O)c45)c23)cc1. The number of hydrogen-bond donors (Lipinski definition) is 1. The molecule has 0 spiro atoms. The van der Waals surface area contributed by atoms with E-state index in [-0.39, 0.29) is 5.75 Å². The van der Waals surface area contributed by atoms with Gasteiger partial charge >= 0.3 is 5.97 Å². The van der Waals surface area contributed by atoms with Crippen LogP contribution < -0.4 is 4.74 Å². The summed E-state index contributed by atoms with van der Waals surface area (Å²) in [6.07, 6.45) is 3.19. The first-order valence-electron chi connectivity index (χ1n) is 10.8. The first-order chi connectivity index (χ1) is 16.1. The van der Waals surface area contributed by atoms with Crippen LogP contribution in [-0.4, -0.2) is 11.1 Å². The normalized spacial score (nSPS) is 11.3. The Bertz CT molecular complexity index is 1500. The van der Waals surface area contributed by atoms with Crippen LogP contribution in [0.2, 0.25) is 0 Å². The number of hydrogen-bond acceptors (Lipinski definition) is 3. The van der Waals surface area contributed by atoms with Gasteiger partial charge in [-0.05, 0) is 52.6 Å². The number of benzene rings is 5. The molecule has 160 valence electrons. The van der Waals surface area contributed by atoms with E-state index in [0.29, 0.717) is 5.75 Å². The molecular formula is C30H22O3. The molecule has 0 fully saturated rings. The van der Waals surface area contributed by atoms with Crippen molar-refractivity contribution in [3.8, 4) is 22.6 Å². The van der Waals surface area contributed by atoms with Crippen molar-refractivity contribution in [2.24, 2.45) is 0 Å². The summed E-state index contributed by atoms with van der Waals surface area (Å²) in [7, 11) is 0. The van der Waals surface area contributed by atoms with Crippen LogP contribution in [0.1, 0.15) is 11.1 Å². The van der Waals surface area contributed by atoms with Crippen LogP contribution in [0.3, 0.4) is 0 Å². The van der Waals surface area contributed by atoms with Crippen molar-refractivity contribution in [1.82, 2.24) is 0 Å². The van der Waals surface area contributed by atoms with Crippen LogP contribution in [0.4, 0.5) is 0 Å². The minimum Gasteiger partial charge on any atom is -0.507 e. The molecule has 5 rings (SSSR count). The van der Waals surface area contributed by atoms with Crippen molar-refractivity contribution >= 4 is 33.6 Å². The van der Waals surface area contributed by atoms with Gasteiger partial charge in [0.25, 0.3) is 0 Å². The fourth-order valence-corrected chi connectivity index (χ4v) is 4.15. The van der Waals surface area contributed by atoms with E-state index in [1.165, 1.54) is 6.08 Å². The predicted octanol–water partition coefficient (Wildman–Crippen LogP) is 7.29. The Morgan fingerprint density at radius 2 is 1.30 bits per heavy atom. The van der Waals surface area contributed by atoms with E-state index in [4.69, 9.17) is 4.74 Å². The number of esters is 1. The van der Waals surface area contributed by atoms with Crippen LogP contribution in [0.15, 0.2) is 103 Å². The lowest BCUT2D eigenvalue weighted by Crippen LogP contribution is -2.04. The molecule has 0 saturated heterocycles. The molecule has 0 aliphatic rings. The Morgan fingerprint density at radius 3 is 2.00 bits per heavy atom. The first-order valence-corrected chi connectivity index (χ1v) is 10.8. The molecule has 0 radical (unpaired) electrons. The van der Waals surface area contributed by atoms with Gasteiger partial charge in [-0.15, -0.1) is 0 Å². The van der Waals surface area contributed by atoms with E-state index in [1.54, 1.807) is 18.2 Å². The molecule has 3 heteroatoms. The molecular weight excluding hydrogens is 408 g/mol. The summed E-state index contributed by atoms with van der Waals surface area (Å²) < 4.78 is 5.79. The average molecular weight is 431 g/mol. The van der Waals surface area contributed by atoms with Crippen molar-refractivity contribution in [2.45, 2.75) is 6.92 Å². The zero-order chi connectivity index (χ0) is 22.8. The Hall–Kier alpha value is -4.37. The third-order valence-electron chi connectivity index (χ3n) is 5.74. The smallest absolute Gasteiger partial charge is 0.336 e. The Kier molecular flexibility index (Phi) is 5.37. The third kappa shape index (κ3) is 4.09. The Morgan fingerprint density at radius 1 is 0.727 bits per heavy atom. The maximum atomic E-state index is 12.7. The van der Waals surface area contributed by atoms with Gasteiger partial charge in [-0.2, -0.15) is 0 Å². The van der Waals surface area contributed by atoms with Crippen LogP contribution in [0.5, 0.6) is 11.5 Å². The molecule has 1 N–H and O–H groups in total. The number of fused-ring (bicyclic) bond motifs is 2. The van der Waals surface area contributed by atoms with Gasteiger partial charge in [0.2, 0.25) is 0 Å². The van der Waals surface area contributed by atoms with E-state index in [0.717, 1.165) is 43.8 Å². The molecule has 0 bridgehead atoms.